The summed E-state index contributed by atoms with van der Waals surface area (Å²) >= 11 is 3.17. The third-order valence-electron chi connectivity index (χ3n) is 3.18. The van der Waals surface area contributed by atoms with Crippen molar-refractivity contribution in [3.63, 3.8) is 0 Å². The second-order valence-corrected chi connectivity index (χ2v) is 7.55. The number of nitrogens with zero attached hydrogens (tertiary/aromatic N) is 1. The average molecular weight is 417 g/mol. The summed E-state index contributed by atoms with van der Waals surface area (Å²) in [6, 6.07) is 9.47. The molecule has 1 N–H and O–H groups in total. The molecule has 9 heteroatoms. The van der Waals surface area contributed by atoms with Gasteiger partial charge in [-0.2, -0.15) is 0 Å². The van der Waals surface area contributed by atoms with Crippen LogP contribution in [0, 0.1) is 5.82 Å². The highest BCUT2D eigenvalue weighted by Crippen LogP contribution is 2.20. The highest BCUT2D eigenvalue weighted by molar-refractivity contribution is 9.10. The molecule has 0 heterocycles. The summed E-state index contributed by atoms with van der Waals surface area (Å²) in [5.41, 5.74) is 0.207. The molecule has 2 rings (SSSR count). The van der Waals surface area contributed by atoms with E-state index in [1.165, 1.54) is 56.6 Å². The number of hydrogen-bond acceptors (Lipinski definition) is 4. The molecule has 2 aromatic carbocycles. The molecule has 0 unspecified atom stereocenters. The Morgan fingerprint density at radius 1 is 1.21 bits per heavy atom. The number of anilines is 1. The van der Waals surface area contributed by atoms with Gasteiger partial charge in [-0.3, -0.25) is 9.63 Å². The van der Waals surface area contributed by atoms with Crippen LogP contribution >= 0.6 is 15.9 Å². The number of rotatable bonds is 5. The van der Waals surface area contributed by atoms with Crippen molar-refractivity contribution >= 4 is 37.5 Å². The second kappa shape index (κ2) is 7.39. The summed E-state index contributed by atoms with van der Waals surface area (Å²) in [5.74, 6) is -1.30. The molecule has 0 saturated carbocycles. The molecule has 0 aromatic heterocycles. The highest BCUT2D eigenvalue weighted by Gasteiger charge is 2.20. The Hall–Kier alpha value is -1.81. The number of carbonyl (C=O) groups excluding carboxylic acids is 1. The van der Waals surface area contributed by atoms with E-state index in [-0.39, 0.29) is 10.5 Å². The van der Waals surface area contributed by atoms with Crippen LogP contribution in [0.2, 0.25) is 0 Å². The normalized spacial score (nSPS) is 11.5. The molecule has 0 fully saturated rings. The van der Waals surface area contributed by atoms with Crippen LogP contribution in [0.5, 0.6) is 0 Å². The van der Waals surface area contributed by atoms with Gasteiger partial charge in [0, 0.05) is 17.2 Å². The predicted octanol–water partition coefficient (Wildman–Crippen LogP) is 3.02. The lowest BCUT2D eigenvalue weighted by Gasteiger charge is -2.14. The van der Waals surface area contributed by atoms with Crippen LogP contribution in [-0.2, 0) is 14.9 Å². The van der Waals surface area contributed by atoms with Crippen LogP contribution in [0.1, 0.15) is 10.4 Å². The van der Waals surface area contributed by atoms with Crippen LogP contribution in [0.15, 0.2) is 51.8 Å². The maximum atomic E-state index is 13.7. The molecule has 6 nitrogen and oxygen atoms in total. The van der Waals surface area contributed by atoms with E-state index in [9.17, 15) is 17.6 Å². The SMILES string of the molecule is CON(C)S(=O)(=O)c1ccc(NC(=O)c2cc(Br)ccc2F)cc1. The smallest absolute Gasteiger partial charge is 0.264 e. The van der Waals surface area contributed by atoms with Crippen molar-refractivity contribution in [2.45, 2.75) is 4.90 Å². The lowest BCUT2D eigenvalue weighted by molar-refractivity contribution is -0.0258. The van der Waals surface area contributed by atoms with E-state index in [1.54, 1.807) is 0 Å². The van der Waals surface area contributed by atoms with Gasteiger partial charge in [-0.25, -0.2) is 12.8 Å². The largest absolute Gasteiger partial charge is 0.322 e. The van der Waals surface area contributed by atoms with Crippen molar-refractivity contribution < 1.29 is 22.4 Å². The lowest BCUT2D eigenvalue weighted by atomic mass is 10.2. The van der Waals surface area contributed by atoms with Gasteiger partial charge in [-0.1, -0.05) is 20.4 Å². The molecule has 0 saturated heterocycles. The minimum Gasteiger partial charge on any atom is -0.322 e. The Morgan fingerprint density at radius 3 is 2.42 bits per heavy atom. The number of amides is 1. The van der Waals surface area contributed by atoms with Gasteiger partial charge >= 0.3 is 0 Å². The Balaban J connectivity index is 2.20. The van der Waals surface area contributed by atoms with Crippen LogP contribution in [-0.4, -0.2) is 33.0 Å². The van der Waals surface area contributed by atoms with Crippen LogP contribution < -0.4 is 5.32 Å². The van der Waals surface area contributed by atoms with Crippen molar-refractivity contribution in [2.75, 3.05) is 19.5 Å². The maximum Gasteiger partial charge on any atom is 0.264 e. The summed E-state index contributed by atoms with van der Waals surface area (Å²) in [6.45, 7) is 0. The molecule has 2 aromatic rings. The number of benzene rings is 2. The molecule has 128 valence electrons. The van der Waals surface area contributed by atoms with Gasteiger partial charge in [0.2, 0.25) is 0 Å². The number of nitrogens with one attached hydrogen (secondary N) is 1. The maximum absolute atomic E-state index is 13.7. The first-order chi connectivity index (χ1) is 11.3. The monoisotopic (exact) mass is 416 g/mol. The quantitative estimate of drug-likeness (QED) is 0.759. The first-order valence-corrected chi connectivity index (χ1v) is 8.88. The Kier molecular flexibility index (Phi) is 5.70. The third kappa shape index (κ3) is 3.99. The molecule has 0 atom stereocenters. The second-order valence-electron chi connectivity index (χ2n) is 4.70. The number of carbonyl (C=O) groups is 1. The third-order valence-corrected chi connectivity index (χ3v) is 5.37. The molecule has 0 aliphatic carbocycles. The van der Waals surface area contributed by atoms with Gasteiger partial charge in [-0.05, 0) is 42.5 Å². The van der Waals surface area contributed by atoms with Gasteiger partial charge in [0.15, 0.2) is 0 Å². The van der Waals surface area contributed by atoms with Gasteiger partial charge in [0.25, 0.3) is 15.9 Å². The van der Waals surface area contributed by atoms with Crippen molar-refractivity contribution in [1.82, 2.24) is 4.47 Å². The van der Waals surface area contributed by atoms with Crippen LogP contribution in [0.25, 0.3) is 0 Å². The Morgan fingerprint density at radius 2 is 1.83 bits per heavy atom. The Bertz CT molecular complexity index is 856. The first kappa shape index (κ1) is 18.5. The fourth-order valence-corrected chi connectivity index (χ4v) is 3.16. The molecule has 1 amide bonds. The average Bonchev–Trinajstić information content (AvgIpc) is 2.56. The van der Waals surface area contributed by atoms with E-state index in [1.807, 2.05) is 0 Å². The van der Waals surface area contributed by atoms with E-state index in [2.05, 4.69) is 26.1 Å². The summed E-state index contributed by atoms with van der Waals surface area (Å²) in [4.78, 5) is 16.8. The zero-order chi connectivity index (χ0) is 17.9. The molecule has 0 spiro atoms. The number of hydrogen-bond donors (Lipinski definition) is 1. The van der Waals surface area contributed by atoms with Crippen LogP contribution in [0.4, 0.5) is 10.1 Å². The van der Waals surface area contributed by atoms with Gasteiger partial charge in [0.1, 0.15) is 5.82 Å². The predicted molar refractivity (Wildman–Crippen MR) is 90.5 cm³/mol. The van der Waals surface area contributed by atoms with Crippen molar-refractivity contribution in [1.29, 1.82) is 0 Å². The van der Waals surface area contributed by atoms with Crippen LogP contribution in [0.3, 0.4) is 0 Å². The number of halogens is 2. The molecular formula is C15H14BrFN2O4S. The number of sulfonamides is 1. The molecule has 0 aliphatic rings. The zero-order valence-electron chi connectivity index (χ0n) is 12.8. The summed E-state index contributed by atoms with van der Waals surface area (Å²) in [6.07, 6.45) is 0. The van der Waals surface area contributed by atoms with Crippen molar-refractivity contribution in [3.8, 4) is 0 Å². The fraction of sp³-hybridized carbons (Fsp3) is 0.133. The first-order valence-electron chi connectivity index (χ1n) is 6.65. The van der Waals surface area contributed by atoms with E-state index in [0.717, 1.165) is 4.47 Å². The highest BCUT2D eigenvalue weighted by atomic mass is 79.9. The molecule has 0 bridgehead atoms. The van der Waals surface area contributed by atoms with Crippen molar-refractivity contribution in [3.05, 3.63) is 58.3 Å². The topological polar surface area (TPSA) is 75.7 Å². The van der Waals surface area contributed by atoms with Gasteiger partial charge < -0.3 is 5.32 Å². The Labute approximate surface area is 147 Å². The summed E-state index contributed by atoms with van der Waals surface area (Å²) in [7, 11) is -1.27. The minimum absolute atomic E-state index is 0.00140. The van der Waals surface area contributed by atoms with E-state index in [4.69, 9.17) is 0 Å². The van der Waals surface area contributed by atoms with Gasteiger partial charge in [0.05, 0.1) is 17.6 Å². The molecule has 0 aliphatic heterocycles. The summed E-state index contributed by atoms with van der Waals surface area (Å²) < 4.78 is 39.1. The van der Waals surface area contributed by atoms with E-state index >= 15 is 0 Å². The molecular weight excluding hydrogens is 403 g/mol. The summed E-state index contributed by atoms with van der Waals surface area (Å²) in [5, 5.41) is 2.51. The van der Waals surface area contributed by atoms with E-state index in [0.29, 0.717) is 10.2 Å². The minimum atomic E-state index is -3.77. The fourth-order valence-electron chi connectivity index (χ4n) is 1.83. The molecule has 24 heavy (non-hydrogen) atoms. The number of hydroxylamine groups is 1. The zero-order valence-corrected chi connectivity index (χ0v) is 15.2. The standard InChI is InChI=1S/C15H14BrFN2O4S/c1-19(23-2)24(21,22)12-6-4-11(5-7-12)18-15(20)13-9-10(16)3-8-14(13)17/h3-9H,1-2H3,(H,18,20). The lowest BCUT2D eigenvalue weighted by Crippen LogP contribution is -2.25. The van der Waals surface area contributed by atoms with Crippen molar-refractivity contribution in [2.24, 2.45) is 0 Å². The van der Waals surface area contributed by atoms with Gasteiger partial charge in [-0.15, -0.1) is 0 Å². The molecule has 0 radical (unpaired) electrons. The van der Waals surface area contributed by atoms with E-state index < -0.39 is 21.7 Å².